The van der Waals surface area contributed by atoms with Gasteiger partial charge in [0, 0.05) is 630 Å². The van der Waals surface area contributed by atoms with Gasteiger partial charge in [-0.1, -0.05) is 18.6 Å². The normalized spacial score (nSPS) is 8.77. The van der Waals surface area contributed by atoms with E-state index in [4.69, 9.17) is 43.8 Å². The Balaban J connectivity index is 0.00000101. The third-order valence-electron chi connectivity index (χ3n) is 7.99. The van der Waals surface area contributed by atoms with Crippen LogP contribution in [0.1, 0.15) is 62.8 Å². The second-order valence-electron chi connectivity index (χ2n) is 14.7. The molecule has 0 unspecified atom stereocenters. The van der Waals surface area contributed by atoms with Gasteiger partial charge in [0.1, 0.15) is 23.1 Å². The summed E-state index contributed by atoms with van der Waals surface area (Å²) >= 11 is 15.2. The van der Waals surface area contributed by atoms with Crippen LogP contribution in [0.5, 0.6) is 11.5 Å². The minimum atomic E-state index is -0.412. The fourth-order valence-electron chi connectivity index (χ4n) is 4.71. The van der Waals surface area contributed by atoms with E-state index in [-0.39, 0.29) is 23.4 Å². The molecule has 0 bridgehead atoms. The summed E-state index contributed by atoms with van der Waals surface area (Å²) in [5.41, 5.74) is 3.36. The first-order valence-electron chi connectivity index (χ1n) is 25.8. The number of phenols is 1. The number of rotatable bonds is 14. The standard InChI is InChI=1S/C18H21FN2O2.C12H17ClN2O.C6H5FO.S63/c1-14-12-16(9-10-20-14)21-18(22)8-3-2-4-11-23-17-7-5-6-15(19)13-17;1-10-9-11(6-8-14-10)15-12(16)5-3-2-4-7-13;7-5-2-1-3-6(8)4-5;1-3-5-7-9-11-13-15-17-19-21-23-25-27-29-31-33-35-37-39-41-43-45-47-49-51-53-55-57-59-61-63-62-60-58-56-54-52-50-48-46-44-42-40-38-36-34-32-30-28-26-24-22-20-18-16-14-12-10-8-6-4-2/h5-7,9-10,12-13H,2-4,8,11H2,1H3,(H,20,21,22);6,8-9H,2-5,7H2,1H3,(H,14,15,16);1-4,8H;. The maximum absolute atomic E-state index is 13.0. The summed E-state index contributed by atoms with van der Waals surface area (Å²) in [6.45, 7) is 4.30. The average Bonchev–Trinajstić information content (AvgIpc) is 0.929. The first-order chi connectivity index (χ1) is 54.1. The molecule has 0 radical (unpaired) electrons. The number of benzene rings is 2. The van der Waals surface area contributed by atoms with Gasteiger partial charge in [-0.05, 0) is 94.5 Å². The molecular formula is C36H43ClF2N4O4S63. The lowest BCUT2D eigenvalue weighted by Crippen LogP contribution is -2.11. The van der Waals surface area contributed by atoms with Crippen LogP contribution in [0.15, 0.2) is 85.2 Å². The Labute approximate surface area is 825 Å². The number of unbranched alkanes of at least 4 members (excludes halogenated alkanes) is 4. The van der Waals surface area contributed by atoms with Crippen molar-refractivity contribution in [1.82, 2.24) is 9.97 Å². The van der Waals surface area contributed by atoms with Crippen LogP contribution in [0.25, 0.3) is 0 Å². The largest absolute Gasteiger partial charge is 0.508 e. The molecule has 0 atom stereocenters. The fourth-order valence-corrected chi connectivity index (χ4v) is 167. The lowest BCUT2D eigenvalue weighted by molar-refractivity contribution is -0.117. The minimum absolute atomic E-state index is 0.00153. The molecule has 0 saturated carbocycles. The Bertz CT molecular complexity index is 6560. The average molecular weight is 2690 g/mol. The number of carbonyl (C=O) groups is 2. The number of hydrogen-bond donors (Lipinski definition) is 3. The molecule has 2 aromatic carbocycles. The van der Waals surface area contributed by atoms with Crippen LogP contribution in [0.4, 0.5) is 20.2 Å². The van der Waals surface area contributed by atoms with E-state index in [9.17, 15) is 18.4 Å². The fraction of sp³-hybridized carbons (Fsp3) is 0.333. The van der Waals surface area contributed by atoms with Crippen LogP contribution in [0.2, 0.25) is 0 Å². The second kappa shape index (κ2) is 97.4. The van der Waals surface area contributed by atoms with E-state index in [2.05, 4.69) is 20.6 Å². The highest BCUT2D eigenvalue weighted by Crippen LogP contribution is 2.14. The van der Waals surface area contributed by atoms with Crippen LogP contribution in [-0.2, 0) is 574 Å². The van der Waals surface area contributed by atoms with E-state index in [0.717, 1.165) is 67.4 Å². The van der Waals surface area contributed by atoms with E-state index in [1.54, 1.807) is 143 Å². The van der Waals surface area contributed by atoms with Crippen molar-refractivity contribution in [3.8, 4) is 11.5 Å². The molecule has 3 N–H and O–H groups in total. The number of phenolic OH excluding ortho intramolecular Hbond substituents is 1. The summed E-state index contributed by atoms with van der Waals surface area (Å²) in [7, 11) is 110. The molecule has 0 aliphatic carbocycles. The number of ether oxygens (including phenoxy) is 1. The maximum atomic E-state index is 13.0. The lowest BCUT2D eigenvalue weighted by atomic mass is 10.2. The molecule has 74 heteroatoms. The zero-order chi connectivity index (χ0) is 79.4. The van der Waals surface area contributed by atoms with Crippen molar-refractivity contribution < 1.29 is 28.2 Å². The van der Waals surface area contributed by atoms with E-state index in [0.29, 0.717) is 31.1 Å². The smallest absolute Gasteiger partial charge is 0.224 e. The van der Waals surface area contributed by atoms with Crippen molar-refractivity contribution in [2.75, 3.05) is 23.1 Å². The Morgan fingerprint density at radius 3 is 0.836 bits per heavy atom. The van der Waals surface area contributed by atoms with Crippen molar-refractivity contribution in [1.29, 1.82) is 0 Å². The molecule has 2 amide bonds. The summed E-state index contributed by atoms with van der Waals surface area (Å²) < 4.78 is 30.4. The van der Waals surface area contributed by atoms with Crippen molar-refractivity contribution in [2.45, 2.75) is 65.2 Å². The number of nitrogens with zero attached hydrogens (tertiary/aromatic N) is 2. The van der Waals surface area contributed by atoms with Crippen LogP contribution < -0.4 is 15.4 Å². The molecule has 0 saturated heterocycles. The predicted octanol–water partition coefficient (Wildman–Crippen LogP) is 8.61. The first kappa shape index (κ1) is 117. The van der Waals surface area contributed by atoms with E-state index >= 15 is 0 Å². The first-order valence-corrected chi connectivity index (χ1v) is 109. The molecule has 4 rings (SSSR count). The molecule has 630 valence electrons. The molecule has 8 nitrogen and oxygen atoms in total. The number of nitrogens with one attached hydrogen (secondary N) is 2. The number of amides is 2. The van der Waals surface area contributed by atoms with Crippen LogP contribution in [-0.4, -0.2) is 39.4 Å². The summed E-state index contributed by atoms with van der Waals surface area (Å²) in [4.78, 5) is 31.5. The topological polar surface area (TPSA) is 113 Å². The quantitative estimate of drug-likeness (QED) is 0.0851. The number of halogens is 3. The summed E-state index contributed by atoms with van der Waals surface area (Å²) in [6, 6.07) is 18.6. The molecule has 2 aromatic heterocycles. The van der Waals surface area contributed by atoms with Gasteiger partial charge in [-0.25, -0.2) is 8.78 Å². The number of carbonyl (C=O) groups excluding carboxylic acids is 2. The van der Waals surface area contributed by atoms with E-state index < -0.39 is 5.82 Å². The van der Waals surface area contributed by atoms with Gasteiger partial charge in [0.15, 0.2) is 0 Å². The second-order valence-corrected chi connectivity index (χ2v) is 123. The number of hydrogen-bond acceptors (Lipinski definition) is 8. The Kier molecular flexibility index (Phi) is 104. The summed E-state index contributed by atoms with van der Waals surface area (Å²) in [5, 5.41) is 14.3. The van der Waals surface area contributed by atoms with E-state index in [1.807, 2.05) is 443 Å². The van der Waals surface area contributed by atoms with Crippen LogP contribution in [0.3, 0.4) is 0 Å². The number of anilines is 2. The van der Waals surface area contributed by atoms with Gasteiger partial charge >= 0.3 is 0 Å². The number of aromatic hydroxyl groups is 1. The molecular weight excluding hydrogens is 2650 g/mol. The van der Waals surface area contributed by atoms with Gasteiger partial charge in [0.2, 0.25) is 11.8 Å². The zero-order valence-electron chi connectivity index (χ0n) is 52.6. The molecule has 0 aliphatic heterocycles. The highest BCUT2D eigenvalue weighted by atomic mass is 35.5. The van der Waals surface area contributed by atoms with Gasteiger partial charge in [-0.15, -0.1) is 11.6 Å². The van der Waals surface area contributed by atoms with Gasteiger partial charge in [-0.3, -0.25) is 19.6 Å². The lowest BCUT2D eigenvalue weighted by Gasteiger charge is -2.07. The van der Waals surface area contributed by atoms with Gasteiger partial charge in [0.05, 0.1) is 6.61 Å². The van der Waals surface area contributed by atoms with Crippen molar-refractivity contribution in [3.63, 3.8) is 0 Å². The zero-order valence-corrected chi connectivity index (χ0v) is 105. The summed E-state index contributed by atoms with van der Waals surface area (Å²) in [6.07, 6.45) is 9.78. The third kappa shape index (κ3) is 90.6. The Morgan fingerprint density at radius 1 is 0.355 bits per heavy atom. The monoisotopic (exact) mass is 2680 g/mol. The van der Waals surface area contributed by atoms with Gasteiger partial charge in [-0.2, -0.15) is 0 Å². The van der Waals surface area contributed by atoms with Gasteiger partial charge in [0.25, 0.3) is 0 Å². The number of aryl methyl sites for hydroxylation is 2. The molecule has 2 heterocycles. The van der Waals surface area contributed by atoms with Crippen molar-refractivity contribution >= 4 is 599 Å². The van der Waals surface area contributed by atoms with Crippen LogP contribution >= 0.6 is 11.6 Å². The SMILES string of the molecule is Cc1cc(NC(=O)CCCCCCl)ccn1.Cc1cc(NC(=O)CCCCCOc2cccc(F)c2)ccn1.Oc1cccc(F)c1.S=S=S=S=S=S=S=S=S=S=S=S=S=S=S=S=S=S=S=S=S=S=S=S=S=S=S=S=S=S=S=S=S=S=S=S=S=S=S=S=S=S=S=S=S=S=S=S=S=S=S=S=S=S=S=S=S=S=S=S=S=S=S. The molecule has 0 aliphatic rings. The maximum Gasteiger partial charge on any atom is 0.224 e. The Morgan fingerprint density at radius 2 is 0.609 bits per heavy atom. The predicted molar refractivity (Wildman–Crippen MR) is 647 cm³/mol. The number of aromatic nitrogens is 2. The number of alkyl halides is 1. The Hall–Kier alpha value is 9.29. The highest BCUT2D eigenvalue weighted by Gasteiger charge is 2.04. The molecule has 110 heavy (non-hydrogen) atoms. The summed E-state index contributed by atoms with van der Waals surface area (Å²) in [5.74, 6) is 0.517. The molecule has 0 spiro atoms. The van der Waals surface area contributed by atoms with Crippen molar-refractivity contribution in [2.24, 2.45) is 0 Å². The third-order valence-corrected chi connectivity index (χ3v) is 142. The minimum Gasteiger partial charge on any atom is -0.508 e. The highest BCUT2D eigenvalue weighted by molar-refractivity contribution is 8.83. The van der Waals surface area contributed by atoms with Crippen molar-refractivity contribution in [3.05, 3.63) is 108 Å². The van der Waals surface area contributed by atoms with Gasteiger partial charge < -0.3 is 20.5 Å². The number of pyridine rings is 2. The molecule has 4 aromatic rings. The van der Waals surface area contributed by atoms with Crippen LogP contribution in [0, 0.1) is 25.5 Å². The molecule has 0 fully saturated rings. The van der Waals surface area contributed by atoms with E-state index in [1.165, 1.54) is 48.1 Å².